The van der Waals surface area contributed by atoms with Gasteiger partial charge in [-0.25, -0.2) is 0 Å². The van der Waals surface area contributed by atoms with Crippen molar-refractivity contribution in [1.82, 2.24) is 9.80 Å². The molecule has 76 valence electrons. The number of carbonyl (C=O) groups is 1. The first-order valence-corrected chi connectivity index (χ1v) is 5.03. The fourth-order valence-electron chi connectivity index (χ4n) is 2.17. The molecule has 2 unspecified atom stereocenters. The van der Waals surface area contributed by atoms with E-state index in [1.165, 1.54) is 0 Å². The fraction of sp³-hybridized carbons (Fsp3) is 0.900. The summed E-state index contributed by atoms with van der Waals surface area (Å²) >= 11 is 0. The molecule has 1 rings (SSSR count). The lowest BCUT2D eigenvalue weighted by molar-refractivity contribution is -0.131. The van der Waals surface area contributed by atoms with E-state index in [0.29, 0.717) is 18.5 Å². The first kappa shape index (κ1) is 10.5. The Kier molecular flexibility index (Phi) is 3.31. The number of likely N-dealkylation sites (N-methyl/N-ethyl adjacent to an activating group) is 1. The van der Waals surface area contributed by atoms with Gasteiger partial charge in [-0.05, 0) is 27.4 Å². The number of hydrogen-bond acceptors (Lipinski definition) is 2. The third-order valence-corrected chi connectivity index (χ3v) is 3.00. The third-order valence-electron chi connectivity index (χ3n) is 3.00. The maximum atomic E-state index is 11.5. The second-order valence-electron chi connectivity index (χ2n) is 4.00. The van der Waals surface area contributed by atoms with Gasteiger partial charge < -0.3 is 9.80 Å². The summed E-state index contributed by atoms with van der Waals surface area (Å²) in [5.41, 5.74) is 0. The Morgan fingerprint density at radius 2 is 2.15 bits per heavy atom. The molecular formula is C10H20N2O. The maximum Gasteiger partial charge on any atom is 0.222 e. The van der Waals surface area contributed by atoms with Crippen molar-refractivity contribution < 1.29 is 4.79 Å². The Labute approximate surface area is 80.7 Å². The zero-order valence-electron chi connectivity index (χ0n) is 9.08. The van der Waals surface area contributed by atoms with Gasteiger partial charge in [0.1, 0.15) is 0 Å². The summed E-state index contributed by atoms with van der Waals surface area (Å²) < 4.78 is 0. The molecule has 0 aromatic carbocycles. The van der Waals surface area contributed by atoms with Gasteiger partial charge in [0, 0.05) is 25.0 Å². The van der Waals surface area contributed by atoms with E-state index in [0.717, 1.165) is 13.0 Å². The number of carbonyl (C=O) groups excluding carboxylic acids is 1. The van der Waals surface area contributed by atoms with E-state index in [2.05, 4.69) is 25.9 Å². The molecular weight excluding hydrogens is 164 g/mol. The Hall–Kier alpha value is -0.570. The van der Waals surface area contributed by atoms with Crippen LogP contribution in [0.15, 0.2) is 0 Å². The van der Waals surface area contributed by atoms with Gasteiger partial charge in [0.25, 0.3) is 0 Å². The van der Waals surface area contributed by atoms with E-state index in [9.17, 15) is 4.79 Å². The van der Waals surface area contributed by atoms with Gasteiger partial charge in [0.05, 0.1) is 0 Å². The third kappa shape index (κ3) is 2.02. The van der Waals surface area contributed by atoms with Gasteiger partial charge in [-0.15, -0.1) is 0 Å². The summed E-state index contributed by atoms with van der Waals surface area (Å²) in [5, 5.41) is 0. The molecule has 0 saturated carbocycles. The minimum Gasteiger partial charge on any atom is -0.338 e. The second-order valence-corrected chi connectivity index (χ2v) is 4.00. The lowest BCUT2D eigenvalue weighted by Gasteiger charge is -2.28. The SMILES string of the molecule is CCC(=O)N1CCC(N(C)C)C1C. The van der Waals surface area contributed by atoms with Crippen LogP contribution in [0, 0.1) is 0 Å². The zero-order valence-corrected chi connectivity index (χ0v) is 9.08. The van der Waals surface area contributed by atoms with Crippen LogP contribution >= 0.6 is 0 Å². The zero-order chi connectivity index (χ0) is 10.0. The highest BCUT2D eigenvalue weighted by molar-refractivity contribution is 5.76. The average molecular weight is 184 g/mol. The summed E-state index contributed by atoms with van der Waals surface area (Å²) in [5.74, 6) is 0.289. The van der Waals surface area contributed by atoms with Crippen molar-refractivity contribution in [1.29, 1.82) is 0 Å². The molecule has 1 heterocycles. The van der Waals surface area contributed by atoms with Crippen LogP contribution in [0.4, 0.5) is 0 Å². The maximum absolute atomic E-state index is 11.5. The predicted molar refractivity (Wildman–Crippen MR) is 53.6 cm³/mol. The number of rotatable bonds is 2. The van der Waals surface area contributed by atoms with Crippen molar-refractivity contribution in [2.45, 2.75) is 38.8 Å². The summed E-state index contributed by atoms with van der Waals surface area (Å²) in [7, 11) is 4.17. The monoisotopic (exact) mass is 184 g/mol. The lowest BCUT2D eigenvalue weighted by atomic mass is 10.1. The molecule has 0 aromatic rings. The summed E-state index contributed by atoms with van der Waals surface area (Å²) in [4.78, 5) is 15.7. The second kappa shape index (κ2) is 4.09. The largest absolute Gasteiger partial charge is 0.338 e. The van der Waals surface area contributed by atoms with Gasteiger partial charge >= 0.3 is 0 Å². The minimum absolute atomic E-state index is 0.289. The van der Waals surface area contributed by atoms with Crippen LogP contribution in [0.3, 0.4) is 0 Å². The van der Waals surface area contributed by atoms with Crippen LogP contribution in [0.1, 0.15) is 26.7 Å². The molecule has 3 nitrogen and oxygen atoms in total. The number of hydrogen-bond donors (Lipinski definition) is 0. The molecule has 0 spiro atoms. The van der Waals surface area contributed by atoms with Crippen molar-refractivity contribution in [3.63, 3.8) is 0 Å². The molecule has 0 radical (unpaired) electrons. The average Bonchev–Trinajstić information content (AvgIpc) is 2.46. The van der Waals surface area contributed by atoms with E-state index in [-0.39, 0.29) is 5.91 Å². The highest BCUT2D eigenvalue weighted by atomic mass is 16.2. The Morgan fingerprint density at radius 1 is 1.54 bits per heavy atom. The van der Waals surface area contributed by atoms with E-state index >= 15 is 0 Å². The van der Waals surface area contributed by atoms with E-state index in [4.69, 9.17) is 0 Å². The van der Waals surface area contributed by atoms with E-state index in [1.807, 2.05) is 11.8 Å². The van der Waals surface area contributed by atoms with Gasteiger partial charge in [-0.3, -0.25) is 4.79 Å². The lowest BCUT2D eigenvalue weighted by Crippen LogP contribution is -2.42. The Bertz CT molecular complexity index is 191. The number of amides is 1. The highest BCUT2D eigenvalue weighted by Gasteiger charge is 2.33. The van der Waals surface area contributed by atoms with E-state index < -0.39 is 0 Å². The molecule has 3 heteroatoms. The predicted octanol–water partition coefficient (Wildman–Crippen LogP) is 0.947. The van der Waals surface area contributed by atoms with Gasteiger partial charge in [-0.2, -0.15) is 0 Å². The molecule has 1 aliphatic heterocycles. The molecule has 1 aliphatic rings. The van der Waals surface area contributed by atoms with Gasteiger partial charge in [-0.1, -0.05) is 6.92 Å². The van der Waals surface area contributed by atoms with Crippen LogP contribution in [0.5, 0.6) is 0 Å². The fourth-order valence-corrected chi connectivity index (χ4v) is 2.17. The first-order valence-electron chi connectivity index (χ1n) is 5.03. The van der Waals surface area contributed by atoms with Crippen LogP contribution < -0.4 is 0 Å². The molecule has 13 heavy (non-hydrogen) atoms. The van der Waals surface area contributed by atoms with Gasteiger partial charge in [0.15, 0.2) is 0 Å². The first-order chi connectivity index (χ1) is 6.07. The normalized spacial score (nSPS) is 28.5. The molecule has 2 atom stereocenters. The molecule has 1 saturated heterocycles. The van der Waals surface area contributed by atoms with Crippen molar-refractivity contribution in [2.24, 2.45) is 0 Å². The number of nitrogens with zero attached hydrogens (tertiary/aromatic N) is 2. The molecule has 0 bridgehead atoms. The smallest absolute Gasteiger partial charge is 0.222 e. The van der Waals surface area contributed by atoms with Crippen molar-refractivity contribution in [3.05, 3.63) is 0 Å². The minimum atomic E-state index is 0.289. The topological polar surface area (TPSA) is 23.6 Å². The molecule has 0 N–H and O–H groups in total. The summed E-state index contributed by atoms with van der Waals surface area (Å²) in [6.45, 7) is 5.00. The van der Waals surface area contributed by atoms with Crippen molar-refractivity contribution in [2.75, 3.05) is 20.6 Å². The quantitative estimate of drug-likeness (QED) is 0.638. The van der Waals surface area contributed by atoms with Gasteiger partial charge in [0.2, 0.25) is 5.91 Å². The van der Waals surface area contributed by atoms with Crippen LogP contribution in [0.2, 0.25) is 0 Å². The van der Waals surface area contributed by atoms with Crippen LogP contribution in [-0.2, 0) is 4.79 Å². The summed E-state index contributed by atoms with van der Waals surface area (Å²) in [6.07, 6.45) is 1.74. The molecule has 0 aliphatic carbocycles. The number of likely N-dealkylation sites (tertiary alicyclic amines) is 1. The van der Waals surface area contributed by atoms with E-state index in [1.54, 1.807) is 0 Å². The van der Waals surface area contributed by atoms with Crippen molar-refractivity contribution >= 4 is 5.91 Å². The summed E-state index contributed by atoms with van der Waals surface area (Å²) in [6, 6.07) is 0.915. The highest BCUT2D eigenvalue weighted by Crippen LogP contribution is 2.21. The Balaban J connectivity index is 2.59. The van der Waals surface area contributed by atoms with Crippen LogP contribution in [-0.4, -0.2) is 48.4 Å². The molecule has 1 amide bonds. The molecule has 0 aromatic heterocycles. The Morgan fingerprint density at radius 3 is 2.54 bits per heavy atom. The standard InChI is InChI=1S/C10H20N2O/c1-5-10(13)12-7-6-9(8(12)2)11(3)4/h8-9H,5-7H2,1-4H3. The van der Waals surface area contributed by atoms with Crippen LogP contribution in [0.25, 0.3) is 0 Å². The van der Waals surface area contributed by atoms with Crippen molar-refractivity contribution in [3.8, 4) is 0 Å². The molecule has 1 fully saturated rings.